The average Bonchev–Trinajstić information content (AvgIpc) is 2.40. The lowest BCUT2D eigenvalue weighted by atomic mass is 10.1. The smallest absolute Gasteiger partial charge is 0.267 e. The van der Waals surface area contributed by atoms with Crippen LogP contribution in [-0.4, -0.2) is 37.2 Å². The van der Waals surface area contributed by atoms with Crippen molar-refractivity contribution in [2.45, 2.75) is 25.4 Å². The number of nitrogen functional groups attached to an aromatic ring is 1. The predicted octanol–water partition coefficient (Wildman–Crippen LogP) is 0.768. The van der Waals surface area contributed by atoms with Gasteiger partial charge in [0.05, 0.1) is 11.8 Å². The van der Waals surface area contributed by atoms with Crippen LogP contribution in [0.4, 0.5) is 11.5 Å². The van der Waals surface area contributed by atoms with E-state index in [4.69, 9.17) is 16.2 Å². The van der Waals surface area contributed by atoms with E-state index in [1.54, 1.807) is 6.07 Å². The van der Waals surface area contributed by atoms with Gasteiger partial charge in [-0.1, -0.05) is 0 Å². The maximum Gasteiger partial charge on any atom is 0.267 e. The van der Waals surface area contributed by atoms with Crippen LogP contribution in [0.5, 0.6) is 0 Å². The summed E-state index contributed by atoms with van der Waals surface area (Å²) in [6, 6.07) is 3.19. The molecule has 6 nitrogen and oxygen atoms in total. The van der Waals surface area contributed by atoms with E-state index in [0.717, 1.165) is 19.4 Å². The van der Waals surface area contributed by atoms with Crippen LogP contribution in [0, 0.1) is 0 Å². The van der Waals surface area contributed by atoms with Crippen LogP contribution in [0.15, 0.2) is 12.1 Å². The van der Waals surface area contributed by atoms with Gasteiger partial charge in [0.2, 0.25) is 0 Å². The predicted molar refractivity (Wildman–Crippen MR) is 74.0 cm³/mol. The zero-order valence-electron chi connectivity index (χ0n) is 11.1. The van der Waals surface area contributed by atoms with E-state index in [-0.39, 0.29) is 11.8 Å². The van der Waals surface area contributed by atoms with Crippen molar-refractivity contribution in [3.63, 3.8) is 0 Å². The second-order valence-electron chi connectivity index (χ2n) is 4.84. The summed E-state index contributed by atoms with van der Waals surface area (Å²) in [6.07, 6.45) is 3.54. The minimum absolute atomic E-state index is 0.192. The molecule has 0 radical (unpaired) electrons. The summed E-state index contributed by atoms with van der Waals surface area (Å²) in [6.45, 7) is 1.52. The van der Waals surface area contributed by atoms with E-state index in [1.807, 2.05) is 11.9 Å². The Balaban J connectivity index is 2.10. The number of rotatable bonds is 4. The number of carbonyl (C=O) groups excluding carboxylic acids is 1. The van der Waals surface area contributed by atoms with Gasteiger partial charge in [-0.15, -0.1) is 0 Å². The largest absolute Gasteiger partial charge is 0.396 e. The maximum absolute atomic E-state index is 11.2. The van der Waals surface area contributed by atoms with Crippen molar-refractivity contribution >= 4 is 17.4 Å². The van der Waals surface area contributed by atoms with Crippen molar-refractivity contribution in [3.05, 3.63) is 17.8 Å². The highest BCUT2D eigenvalue weighted by Crippen LogP contribution is 2.22. The van der Waals surface area contributed by atoms with Gasteiger partial charge >= 0.3 is 0 Å². The lowest BCUT2D eigenvalue weighted by molar-refractivity contribution is 0.0215. The molecular weight excluding hydrogens is 244 g/mol. The number of pyridine rings is 1. The fourth-order valence-corrected chi connectivity index (χ4v) is 2.25. The monoisotopic (exact) mass is 264 g/mol. The number of amides is 1. The van der Waals surface area contributed by atoms with Crippen molar-refractivity contribution in [1.29, 1.82) is 0 Å². The van der Waals surface area contributed by atoms with Crippen LogP contribution in [0.2, 0.25) is 0 Å². The number of nitrogens with two attached hydrogens (primary N) is 2. The fourth-order valence-electron chi connectivity index (χ4n) is 2.25. The Kier molecular flexibility index (Phi) is 4.21. The SMILES string of the molecule is CN(CC1CCCCO1)c1nc(C(N)=O)ccc1N. The molecule has 0 aromatic carbocycles. The van der Waals surface area contributed by atoms with E-state index in [1.165, 1.54) is 12.5 Å². The molecule has 1 fully saturated rings. The van der Waals surface area contributed by atoms with Gasteiger partial charge in [-0.3, -0.25) is 4.79 Å². The zero-order valence-corrected chi connectivity index (χ0v) is 11.1. The second-order valence-corrected chi connectivity index (χ2v) is 4.84. The van der Waals surface area contributed by atoms with Crippen LogP contribution in [0.3, 0.4) is 0 Å². The van der Waals surface area contributed by atoms with Crippen LogP contribution >= 0.6 is 0 Å². The first-order valence-corrected chi connectivity index (χ1v) is 6.47. The molecule has 104 valence electrons. The molecule has 6 heteroatoms. The lowest BCUT2D eigenvalue weighted by Gasteiger charge is -2.28. The van der Waals surface area contributed by atoms with Gasteiger partial charge in [0.15, 0.2) is 5.82 Å². The van der Waals surface area contributed by atoms with Gasteiger partial charge in [-0.05, 0) is 31.4 Å². The first-order chi connectivity index (χ1) is 9.08. The molecular formula is C13H20N4O2. The molecule has 1 atom stereocenters. The third-order valence-corrected chi connectivity index (χ3v) is 3.27. The van der Waals surface area contributed by atoms with Gasteiger partial charge in [0, 0.05) is 20.2 Å². The maximum atomic E-state index is 11.2. The molecule has 0 spiro atoms. The topological polar surface area (TPSA) is 94.5 Å². The Hall–Kier alpha value is -1.82. The number of primary amides is 1. The summed E-state index contributed by atoms with van der Waals surface area (Å²) >= 11 is 0. The summed E-state index contributed by atoms with van der Waals surface area (Å²) < 4.78 is 5.69. The van der Waals surface area contributed by atoms with E-state index >= 15 is 0 Å². The van der Waals surface area contributed by atoms with Crippen LogP contribution < -0.4 is 16.4 Å². The van der Waals surface area contributed by atoms with Gasteiger partial charge in [0.1, 0.15) is 5.69 Å². The zero-order chi connectivity index (χ0) is 13.8. The quantitative estimate of drug-likeness (QED) is 0.837. The normalized spacial score (nSPS) is 19.1. The number of nitrogens with zero attached hydrogens (tertiary/aromatic N) is 2. The lowest BCUT2D eigenvalue weighted by Crippen LogP contribution is -2.34. The summed E-state index contributed by atoms with van der Waals surface area (Å²) in [5.41, 5.74) is 11.9. The molecule has 0 bridgehead atoms. The van der Waals surface area contributed by atoms with Crippen molar-refractivity contribution in [1.82, 2.24) is 4.98 Å². The highest BCUT2D eigenvalue weighted by molar-refractivity contribution is 5.91. The number of aromatic nitrogens is 1. The third kappa shape index (κ3) is 3.35. The van der Waals surface area contributed by atoms with Crippen LogP contribution in [-0.2, 0) is 4.74 Å². The standard InChI is InChI=1S/C13H20N4O2/c1-17(8-9-4-2-3-7-19-9)13-10(14)5-6-11(16-13)12(15)18/h5-6,9H,2-4,7-8,14H2,1H3,(H2,15,18). The summed E-state index contributed by atoms with van der Waals surface area (Å²) in [5, 5.41) is 0. The van der Waals surface area contributed by atoms with Crippen molar-refractivity contribution < 1.29 is 9.53 Å². The number of carbonyl (C=O) groups is 1. The van der Waals surface area contributed by atoms with Crippen LogP contribution in [0.25, 0.3) is 0 Å². The molecule has 0 aliphatic carbocycles. The molecule has 2 heterocycles. The van der Waals surface area contributed by atoms with Gasteiger partial charge in [0.25, 0.3) is 5.91 Å². The Morgan fingerprint density at radius 3 is 2.95 bits per heavy atom. The van der Waals surface area contributed by atoms with Crippen molar-refractivity contribution in [2.75, 3.05) is 30.8 Å². The van der Waals surface area contributed by atoms with E-state index in [2.05, 4.69) is 4.98 Å². The van der Waals surface area contributed by atoms with Gasteiger partial charge in [-0.25, -0.2) is 4.98 Å². The van der Waals surface area contributed by atoms with Crippen molar-refractivity contribution in [3.8, 4) is 0 Å². The fraction of sp³-hybridized carbons (Fsp3) is 0.538. The Labute approximate surface area is 112 Å². The molecule has 19 heavy (non-hydrogen) atoms. The highest BCUT2D eigenvalue weighted by Gasteiger charge is 2.18. The van der Waals surface area contributed by atoms with Crippen LogP contribution in [0.1, 0.15) is 29.8 Å². The number of hydrogen-bond donors (Lipinski definition) is 2. The molecule has 2 rings (SSSR count). The molecule has 1 aliphatic rings. The Morgan fingerprint density at radius 1 is 1.53 bits per heavy atom. The molecule has 4 N–H and O–H groups in total. The molecule has 1 amide bonds. The summed E-state index contributed by atoms with van der Waals surface area (Å²) in [5.74, 6) is 0.0223. The number of hydrogen-bond acceptors (Lipinski definition) is 5. The summed E-state index contributed by atoms with van der Waals surface area (Å²) in [4.78, 5) is 17.3. The van der Waals surface area contributed by atoms with Crippen molar-refractivity contribution in [2.24, 2.45) is 5.73 Å². The van der Waals surface area contributed by atoms with E-state index in [9.17, 15) is 4.79 Å². The summed E-state index contributed by atoms with van der Waals surface area (Å²) in [7, 11) is 1.89. The average molecular weight is 264 g/mol. The third-order valence-electron chi connectivity index (χ3n) is 3.27. The molecule has 1 aromatic heterocycles. The van der Waals surface area contributed by atoms with E-state index in [0.29, 0.717) is 18.1 Å². The minimum Gasteiger partial charge on any atom is -0.396 e. The number of anilines is 2. The Bertz CT molecular complexity index is 458. The van der Waals surface area contributed by atoms with E-state index < -0.39 is 5.91 Å². The molecule has 1 aliphatic heterocycles. The molecule has 1 aromatic rings. The molecule has 1 saturated heterocycles. The number of likely N-dealkylation sites (N-methyl/N-ethyl adjacent to an activating group) is 1. The first kappa shape index (κ1) is 13.6. The second kappa shape index (κ2) is 5.88. The van der Waals surface area contributed by atoms with Gasteiger partial charge < -0.3 is 21.1 Å². The van der Waals surface area contributed by atoms with Gasteiger partial charge in [-0.2, -0.15) is 0 Å². The minimum atomic E-state index is -0.552. The highest BCUT2D eigenvalue weighted by atomic mass is 16.5. The Morgan fingerprint density at radius 2 is 2.32 bits per heavy atom. The molecule has 0 saturated carbocycles. The number of ether oxygens (including phenoxy) is 1. The molecule has 1 unspecified atom stereocenters. The first-order valence-electron chi connectivity index (χ1n) is 6.47.